The van der Waals surface area contributed by atoms with Gasteiger partial charge in [0, 0.05) is 12.8 Å². The average Bonchev–Trinajstić information content (AvgIpc) is 2.90. The van der Waals surface area contributed by atoms with Crippen molar-refractivity contribution >= 4 is 22.8 Å². The van der Waals surface area contributed by atoms with Crippen LogP contribution >= 0.6 is 11.8 Å². The first kappa shape index (κ1) is 15.7. The molecule has 0 bridgehead atoms. The van der Waals surface area contributed by atoms with Crippen LogP contribution < -0.4 is 4.74 Å². The Labute approximate surface area is 141 Å². The number of fused-ring (bicyclic) bond motifs is 1. The van der Waals surface area contributed by atoms with Crippen LogP contribution in [-0.2, 0) is 13.5 Å². The summed E-state index contributed by atoms with van der Waals surface area (Å²) in [5.41, 5.74) is 3.37. The summed E-state index contributed by atoms with van der Waals surface area (Å²) in [6.07, 6.45) is 2.73. The van der Waals surface area contributed by atoms with E-state index in [1.165, 1.54) is 5.56 Å². The van der Waals surface area contributed by atoms with Crippen molar-refractivity contribution in [2.75, 3.05) is 12.4 Å². The van der Waals surface area contributed by atoms with Crippen molar-refractivity contribution in [1.82, 2.24) is 9.55 Å². The minimum atomic E-state index is 0.655. The van der Waals surface area contributed by atoms with Crippen molar-refractivity contribution in [1.29, 1.82) is 0 Å². The molecule has 0 fully saturated rings. The minimum Gasteiger partial charge on any atom is -0.492 e. The SMILES string of the molecule is C=CCc1ccccc1OCCSc1nc2ccccc2n1C. The highest BCUT2D eigenvalue weighted by molar-refractivity contribution is 7.99. The molecule has 0 spiro atoms. The summed E-state index contributed by atoms with van der Waals surface area (Å²) in [7, 11) is 2.05. The average molecular weight is 324 g/mol. The van der Waals surface area contributed by atoms with Gasteiger partial charge < -0.3 is 9.30 Å². The summed E-state index contributed by atoms with van der Waals surface area (Å²) < 4.78 is 8.05. The smallest absolute Gasteiger partial charge is 0.168 e. The predicted octanol–water partition coefficient (Wildman–Crippen LogP) is 4.47. The van der Waals surface area contributed by atoms with Crippen molar-refractivity contribution in [3.05, 3.63) is 66.7 Å². The summed E-state index contributed by atoms with van der Waals surface area (Å²) >= 11 is 1.72. The maximum absolute atomic E-state index is 5.92. The molecule has 0 aliphatic carbocycles. The molecule has 2 aromatic carbocycles. The number of ether oxygens (including phenoxy) is 1. The number of allylic oxidation sites excluding steroid dienone is 1. The summed E-state index contributed by atoms with van der Waals surface area (Å²) in [6.45, 7) is 4.45. The molecule has 0 radical (unpaired) electrons. The van der Waals surface area contributed by atoms with E-state index in [2.05, 4.69) is 35.3 Å². The number of hydrogen-bond donors (Lipinski definition) is 0. The maximum atomic E-state index is 5.92. The van der Waals surface area contributed by atoms with E-state index in [1.807, 2.05) is 42.5 Å². The first-order valence-electron chi connectivity index (χ1n) is 7.65. The topological polar surface area (TPSA) is 27.1 Å². The number of nitrogens with zero attached hydrogens (tertiary/aromatic N) is 2. The van der Waals surface area contributed by atoms with Gasteiger partial charge in [-0.05, 0) is 30.2 Å². The Balaban J connectivity index is 1.59. The van der Waals surface area contributed by atoms with Gasteiger partial charge in [-0.15, -0.1) is 6.58 Å². The lowest BCUT2D eigenvalue weighted by molar-refractivity contribution is 0.341. The van der Waals surface area contributed by atoms with Crippen molar-refractivity contribution in [3.8, 4) is 5.75 Å². The van der Waals surface area contributed by atoms with Gasteiger partial charge in [0.2, 0.25) is 0 Å². The van der Waals surface area contributed by atoms with Gasteiger partial charge in [-0.3, -0.25) is 0 Å². The van der Waals surface area contributed by atoms with Crippen LogP contribution in [0.3, 0.4) is 0 Å². The number of para-hydroxylation sites is 3. The zero-order valence-corrected chi connectivity index (χ0v) is 14.1. The second kappa shape index (κ2) is 7.38. The molecule has 1 heterocycles. The minimum absolute atomic E-state index is 0.655. The van der Waals surface area contributed by atoms with E-state index < -0.39 is 0 Å². The molecule has 3 aromatic rings. The van der Waals surface area contributed by atoms with Crippen molar-refractivity contribution in [3.63, 3.8) is 0 Å². The molecule has 0 amide bonds. The highest BCUT2D eigenvalue weighted by Gasteiger charge is 2.07. The lowest BCUT2D eigenvalue weighted by Crippen LogP contribution is -2.03. The zero-order valence-electron chi connectivity index (χ0n) is 13.2. The van der Waals surface area contributed by atoms with Crippen LogP contribution in [-0.4, -0.2) is 21.9 Å². The van der Waals surface area contributed by atoms with E-state index in [0.717, 1.165) is 34.1 Å². The first-order chi connectivity index (χ1) is 11.3. The van der Waals surface area contributed by atoms with Crippen LogP contribution in [0.15, 0.2) is 66.3 Å². The Morgan fingerprint density at radius 3 is 2.78 bits per heavy atom. The predicted molar refractivity (Wildman–Crippen MR) is 97.3 cm³/mol. The quantitative estimate of drug-likeness (QED) is 0.364. The summed E-state index contributed by atoms with van der Waals surface area (Å²) in [4.78, 5) is 4.66. The molecule has 3 rings (SSSR count). The standard InChI is InChI=1S/C19H20N2OS/c1-3-8-15-9-4-7-12-18(15)22-13-14-23-19-20-16-10-5-6-11-17(16)21(19)2/h3-7,9-12H,1,8,13-14H2,2H3. The molecule has 4 heteroatoms. The maximum Gasteiger partial charge on any atom is 0.168 e. The molecule has 0 saturated carbocycles. The van der Waals surface area contributed by atoms with Gasteiger partial charge in [-0.25, -0.2) is 4.98 Å². The zero-order chi connectivity index (χ0) is 16.1. The van der Waals surface area contributed by atoms with Crippen LogP contribution in [0.2, 0.25) is 0 Å². The van der Waals surface area contributed by atoms with Gasteiger partial charge >= 0.3 is 0 Å². The Bertz CT molecular complexity index is 810. The molecule has 1 aromatic heterocycles. The number of aromatic nitrogens is 2. The summed E-state index contributed by atoms with van der Waals surface area (Å²) in [6, 6.07) is 16.3. The molecule has 118 valence electrons. The van der Waals surface area contributed by atoms with Gasteiger partial charge in [0.25, 0.3) is 0 Å². The summed E-state index contributed by atoms with van der Waals surface area (Å²) in [5.74, 6) is 1.80. The fraction of sp³-hybridized carbons (Fsp3) is 0.211. The van der Waals surface area contributed by atoms with Gasteiger partial charge in [-0.1, -0.05) is 48.2 Å². The Morgan fingerprint density at radius 1 is 1.17 bits per heavy atom. The molecule has 0 saturated heterocycles. The fourth-order valence-corrected chi connectivity index (χ4v) is 3.31. The molecule has 0 aliphatic rings. The largest absolute Gasteiger partial charge is 0.492 e. The number of rotatable bonds is 7. The van der Waals surface area contributed by atoms with Gasteiger partial charge in [0.05, 0.1) is 17.6 Å². The number of thioether (sulfide) groups is 1. The Kier molecular flexibility index (Phi) is 5.03. The third kappa shape index (κ3) is 3.59. The molecular formula is C19H20N2OS. The van der Waals surface area contributed by atoms with Crippen LogP contribution in [0.4, 0.5) is 0 Å². The van der Waals surface area contributed by atoms with Crippen molar-refractivity contribution in [2.24, 2.45) is 7.05 Å². The molecule has 3 nitrogen and oxygen atoms in total. The highest BCUT2D eigenvalue weighted by Crippen LogP contribution is 2.23. The van der Waals surface area contributed by atoms with E-state index in [0.29, 0.717) is 6.61 Å². The Hall–Kier alpha value is -2.20. The van der Waals surface area contributed by atoms with Gasteiger partial charge in [-0.2, -0.15) is 0 Å². The van der Waals surface area contributed by atoms with Crippen molar-refractivity contribution < 1.29 is 4.74 Å². The van der Waals surface area contributed by atoms with Crippen molar-refractivity contribution in [2.45, 2.75) is 11.6 Å². The van der Waals surface area contributed by atoms with Crippen LogP contribution in [0.1, 0.15) is 5.56 Å². The third-order valence-electron chi connectivity index (χ3n) is 3.66. The lowest BCUT2D eigenvalue weighted by atomic mass is 10.1. The lowest BCUT2D eigenvalue weighted by Gasteiger charge is -2.10. The fourth-order valence-electron chi connectivity index (χ4n) is 2.51. The van der Waals surface area contributed by atoms with E-state index >= 15 is 0 Å². The number of aryl methyl sites for hydroxylation is 1. The van der Waals surface area contributed by atoms with E-state index in [4.69, 9.17) is 4.74 Å². The molecular weight excluding hydrogens is 304 g/mol. The van der Waals surface area contributed by atoms with Crippen LogP contribution in [0.5, 0.6) is 5.75 Å². The van der Waals surface area contributed by atoms with Gasteiger partial charge in [0.1, 0.15) is 5.75 Å². The molecule has 0 unspecified atom stereocenters. The number of benzene rings is 2. The molecule has 23 heavy (non-hydrogen) atoms. The molecule has 0 aliphatic heterocycles. The van der Waals surface area contributed by atoms with Gasteiger partial charge in [0.15, 0.2) is 5.16 Å². The van der Waals surface area contributed by atoms with Crippen LogP contribution in [0.25, 0.3) is 11.0 Å². The highest BCUT2D eigenvalue weighted by atomic mass is 32.2. The number of hydrogen-bond acceptors (Lipinski definition) is 3. The Morgan fingerprint density at radius 2 is 1.96 bits per heavy atom. The molecule has 0 atom stereocenters. The monoisotopic (exact) mass is 324 g/mol. The summed E-state index contributed by atoms with van der Waals surface area (Å²) in [5, 5.41) is 1.02. The van der Waals surface area contributed by atoms with E-state index in [-0.39, 0.29) is 0 Å². The molecule has 0 N–H and O–H groups in total. The number of imidazole rings is 1. The first-order valence-corrected chi connectivity index (χ1v) is 8.64. The third-order valence-corrected chi connectivity index (χ3v) is 4.65. The normalized spacial score (nSPS) is 10.8. The van der Waals surface area contributed by atoms with Crippen LogP contribution in [0, 0.1) is 0 Å². The second-order valence-electron chi connectivity index (χ2n) is 5.24. The van der Waals surface area contributed by atoms with E-state index in [9.17, 15) is 0 Å². The second-order valence-corrected chi connectivity index (χ2v) is 6.30. The van der Waals surface area contributed by atoms with E-state index in [1.54, 1.807) is 11.8 Å².